The van der Waals surface area contributed by atoms with Crippen molar-refractivity contribution in [2.24, 2.45) is 5.92 Å². The smallest absolute Gasteiger partial charge is 0.0477 e. The highest BCUT2D eigenvalue weighted by atomic mass is 16.5. The Bertz CT molecular complexity index is 287. The van der Waals surface area contributed by atoms with Gasteiger partial charge in [-0.05, 0) is 32.1 Å². The third-order valence-corrected chi connectivity index (χ3v) is 5.48. The number of hydrogen-bond donors (Lipinski definition) is 1. The Morgan fingerprint density at radius 2 is 1.90 bits per heavy atom. The van der Waals surface area contributed by atoms with Gasteiger partial charge in [-0.1, -0.05) is 33.1 Å². The second-order valence-corrected chi connectivity index (χ2v) is 7.34. The number of hydrogen-bond acceptors (Lipinski definition) is 3. The minimum atomic E-state index is 0.408. The van der Waals surface area contributed by atoms with E-state index < -0.39 is 0 Å². The van der Waals surface area contributed by atoms with Crippen molar-refractivity contribution in [1.82, 2.24) is 10.2 Å². The van der Waals surface area contributed by atoms with Crippen molar-refractivity contribution in [3.63, 3.8) is 0 Å². The van der Waals surface area contributed by atoms with E-state index in [0.29, 0.717) is 23.5 Å². The van der Waals surface area contributed by atoms with Crippen LogP contribution >= 0.6 is 0 Å². The molecule has 3 heteroatoms. The second kappa shape index (κ2) is 7.24. The summed E-state index contributed by atoms with van der Waals surface area (Å²) >= 11 is 0. The van der Waals surface area contributed by atoms with Crippen LogP contribution in [0, 0.1) is 5.92 Å². The summed E-state index contributed by atoms with van der Waals surface area (Å²) in [4.78, 5) is 2.78. The number of piperazine rings is 1. The monoisotopic (exact) mass is 282 g/mol. The molecule has 0 amide bonds. The van der Waals surface area contributed by atoms with Crippen LogP contribution in [0.1, 0.15) is 59.3 Å². The van der Waals surface area contributed by atoms with Gasteiger partial charge in [-0.2, -0.15) is 0 Å². The normalized spacial score (nSPS) is 28.9. The summed E-state index contributed by atoms with van der Waals surface area (Å²) in [6.45, 7) is 10.4. The van der Waals surface area contributed by atoms with Crippen molar-refractivity contribution in [3.05, 3.63) is 0 Å². The highest BCUT2D eigenvalue weighted by Gasteiger charge is 2.41. The second-order valence-electron chi connectivity index (χ2n) is 7.34. The van der Waals surface area contributed by atoms with E-state index in [1.807, 2.05) is 7.11 Å². The molecule has 1 aliphatic heterocycles. The van der Waals surface area contributed by atoms with Gasteiger partial charge in [0.1, 0.15) is 0 Å². The Labute approximate surface area is 125 Å². The van der Waals surface area contributed by atoms with Gasteiger partial charge in [0.05, 0.1) is 0 Å². The summed E-state index contributed by atoms with van der Waals surface area (Å²) in [7, 11) is 1.81. The molecule has 0 aromatic carbocycles. The number of nitrogens with one attached hydrogen (secondary N) is 1. The zero-order valence-electron chi connectivity index (χ0n) is 14.0. The van der Waals surface area contributed by atoms with Crippen LogP contribution in [0.15, 0.2) is 0 Å². The van der Waals surface area contributed by atoms with E-state index in [4.69, 9.17) is 4.74 Å². The molecule has 2 unspecified atom stereocenters. The Balaban J connectivity index is 2.04. The molecular weight excluding hydrogens is 248 g/mol. The summed E-state index contributed by atoms with van der Waals surface area (Å²) in [6, 6.07) is 1.30. The predicted octanol–water partition coefficient (Wildman–Crippen LogP) is 3.04. The largest absolute Gasteiger partial charge is 0.385 e. The van der Waals surface area contributed by atoms with Crippen LogP contribution in [0.4, 0.5) is 0 Å². The first-order valence-electron chi connectivity index (χ1n) is 8.58. The zero-order chi connectivity index (χ0) is 14.6. The lowest BCUT2D eigenvalue weighted by Crippen LogP contribution is -2.67. The molecule has 1 aliphatic carbocycles. The van der Waals surface area contributed by atoms with E-state index in [2.05, 4.69) is 31.0 Å². The van der Waals surface area contributed by atoms with Gasteiger partial charge in [-0.3, -0.25) is 4.90 Å². The molecule has 1 spiro atoms. The fourth-order valence-electron chi connectivity index (χ4n) is 4.08. The highest BCUT2D eigenvalue weighted by Crippen LogP contribution is 2.34. The van der Waals surface area contributed by atoms with E-state index in [9.17, 15) is 0 Å². The molecule has 1 saturated heterocycles. The number of methoxy groups -OCH3 is 1. The minimum absolute atomic E-state index is 0.408. The maximum atomic E-state index is 5.29. The van der Waals surface area contributed by atoms with Crippen LogP contribution in [-0.2, 0) is 4.74 Å². The average Bonchev–Trinajstić information content (AvgIpc) is 2.45. The molecule has 3 nitrogen and oxygen atoms in total. The van der Waals surface area contributed by atoms with Crippen LogP contribution in [0.25, 0.3) is 0 Å². The molecule has 2 atom stereocenters. The number of rotatable bonds is 5. The van der Waals surface area contributed by atoms with E-state index in [-0.39, 0.29) is 0 Å². The molecule has 0 aromatic heterocycles. The third kappa shape index (κ3) is 3.75. The summed E-state index contributed by atoms with van der Waals surface area (Å²) < 4.78 is 5.29. The van der Waals surface area contributed by atoms with Gasteiger partial charge in [-0.15, -0.1) is 0 Å². The quantitative estimate of drug-likeness (QED) is 0.839. The topological polar surface area (TPSA) is 24.5 Å². The Kier molecular flexibility index (Phi) is 5.88. The minimum Gasteiger partial charge on any atom is -0.385 e. The van der Waals surface area contributed by atoms with Crippen molar-refractivity contribution in [3.8, 4) is 0 Å². The Hall–Kier alpha value is -0.120. The van der Waals surface area contributed by atoms with Crippen LogP contribution in [0.3, 0.4) is 0 Å². The van der Waals surface area contributed by atoms with Crippen molar-refractivity contribution >= 4 is 0 Å². The van der Waals surface area contributed by atoms with Crippen LogP contribution in [0.5, 0.6) is 0 Å². The molecular formula is C17H34N2O. The van der Waals surface area contributed by atoms with Crippen LogP contribution in [0.2, 0.25) is 0 Å². The molecule has 1 heterocycles. The SMILES string of the molecule is COCCC(C)N1CC2(CCCCC2)NCC1C(C)C. The maximum absolute atomic E-state index is 5.29. The third-order valence-electron chi connectivity index (χ3n) is 5.48. The lowest BCUT2D eigenvalue weighted by atomic mass is 9.78. The van der Waals surface area contributed by atoms with Gasteiger partial charge in [0.25, 0.3) is 0 Å². The molecule has 0 radical (unpaired) electrons. The number of ether oxygens (including phenoxy) is 1. The molecule has 2 rings (SSSR count). The summed E-state index contributed by atoms with van der Waals surface area (Å²) in [5.74, 6) is 0.716. The van der Waals surface area contributed by atoms with Crippen molar-refractivity contribution in [2.75, 3.05) is 26.8 Å². The Morgan fingerprint density at radius 3 is 2.50 bits per heavy atom. The predicted molar refractivity (Wildman–Crippen MR) is 85.1 cm³/mol. The lowest BCUT2D eigenvalue weighted by molar-refractivity contribution is 0.00246. The van der Waals surface area contributed by atoms with E-state index in [1.54, 1.807) is 0 Å². The highest BCUT2D eigenvalue weighted by molar-refractivity contribution is 5.01. The maximum Gasteiger partial charge on any atom is 0.0477 e. The molecule has 1 N–H and O–H groups in total. The fraction of sp³-hybridized carbons (Fsp3) is 1.00. The molecule has 118 valence electrons. The van der Waals surface area contributed by atoms with Gasteiger partial charge in [0.15, 0.2) is 0 Å². The standard InChI is InChI=1S/C17H34N2O/c1-14(2)16-12-18-17(9-6-5-7-10-17)13-19(16)15(3)8-11-20-4/h14-16,18H,5-13H2,1-4H3. The molecule has 2 aliphatic rings. The molecule has 1 saturated carbocycles. The van der Waals surface area contributed by atoms with Gasteiger partial charge >= 0.3 is 0 Å². The first-order chi connectivity index (χ1) is 9.58. The molecule has 2 fully saturated rings. The van der Waals surface area contributed by atoms with Crippen molar-refractivity contribution in [2.45, 2.75) is 76.9 Å². The summed E-state index contributed by atoms with van der Waals surface area (Å²) in [5.41, 5.74) is 0.408. The van der Waals surface area contributed by atoms with E-state index in [1.165, 1.54) is 38.6 Å². The molecule has 0 aromatic rings. The van der Waals surface area contributed by atoms with E-state index >= 15 is 0 Å². The van der Waals surface area contributed by atoms with Crippen molar-refractivity contribution in [1.29, 1.82) is 0 Å². The first-order valence-corrected chi connectivity index (χ1v) is 8.58. The summed E-state index contributed by atoms with van der Waals surface area (Å²) in [6.07, 6.45) is 8.11. The van der Waals surface area contributed by atoms with Gasteiger partial charge in [-0.25, -0.2) is 0 Å². The van der Waals surface area contributed by atoms with Gasteiger partial charge in [0.2, 0.25) is 0 Å². The van der Waals surface area contributed by atoms with E-state index in [0.717, 1.165) is 19.6 Å². The van der Waals surface area contributed by atoms with Gasteiger partial charge in [0, 0.05) is 44.4 Å². The Morgan fingerprint density at radius 1 is 1.20 bits per heavy atom. The van der Waals surface area contributed by atoms with Crippen LogP contribution in [-0.4, -0.2) is 49.3 Å². The molecule has 0 bridgehead atoms. The summed E-state index contributed by atoms with van der Waals surface area (Å²) in [5, 5.41) is 3.93. The fourth-order valence-corrected chi connectivity index (χ4v) is 4.08. The van der Waals surface area contributed by atoms with Gasteiger partial charge < -0.3 is 10.1 Å². The van der Waals surface area contributed by atoms with Crippen molar-refractivity contribution < 1.29 is 4.74 Å². The average molecular weight is 282 g/mol. The molecule has 20 heavy (non-hydrogen) atoms. The zero-order valence-corrected chi connectivity index (χ0v) is 14.0. The van der Waals surface area contributed by atoms with Crippen LogP contribution < -0.4 is 5.32 Å². The first kappa shape index (κ1) is 16.3. The lowest BCUT2D eigenvalue weighted by Gasteiger charge is -2.52. The number of nitrogens with zero attached hydrogens (tertiary/aromatic N) is 1.